The molecule has 12 heteroatoms. The third-order valence-corrected chi connectivity index (χ3v) is 12.2. The first-order valence-electron chi connectivity index (χ1n) is 18.0. The molecule has 4 bridgehead atoms. The third-order valence-electron chi connectivity index (χ3n) is 12.2. The largest absolute Gasteiger partial charge is 0.469 e. The van der Waals surface area contributed by atoms with Gasteiger partial charge in [-0.1, -0.05) is 0 Å². The highest BCUT2D eigenvalue weighted by molar-refractivity contribution is 5.83. The van der Waals surface area contributed by atoms with E-state index in [1.807, 2.05) is 12.1 Å². The number of pyridine rings is 2. The summed E-state index contributed by atoms with van der Waals surface area (Å²) in [5.74, 6) is 2.09. The molecule has 2 spiro atoms. The topological polar surface area (TPSA) is 128 Å². The van der Waals surface area contributed by atoms with E-state index in [1.165, 1.54) is 37.1 Å². The quantitative estimate of drug-likeness (QED) is 0.139. The van der Waals surface area contributed by atoms with E-state index in [0.717, 1.165) is 82.4 Å². The van der Waals surface area contributed by atoms with E-state index in [2.05, 4.69) is 19.8 Å². The minimum Gasteiger partial charge on any atom is -0.469 e. The van der Waals surface area contributed by atoms with Crippen LogP contribution in [0.25, 0.3) is 22.3 Å². The van der Waals surface area contributed by atoms with Crippen LogP contribution in [0.2, 0.25) is 0 Å². The second-order valence-electron chi connectivity index (χ2n) is 15.2. The van der Waals surface area contributed by atoms with Gasteiger partial charge < -0.3 is 9.47 Å². The number of nitro benzene ring substituents is 1. The number of nitrogens with zero attached hydrogens (tertiary/aromatic N) is 5. The zero-order valence-electron chi connectivity index (χ0n) is 28.6. The first-order chi connectivity index (χ1) is 25.2. The van der Waals surface area contributed by atoms with Crippen molar-refractivity contribution < 1.29 is 28.4 Å². The summed E-state index contributed by atoms with van der Waals surface area (Å²) in [7, 11) is 0. The number of ether oxygens (including phenoxy) is 2. The van der Waals surface area contributed by atoms with Crippen LogP contribution in [0.4, 0.5) is 10.1 Å². The van der Waals surface area contributed by atoms with Gasteiger partial charge in [0.25, 0.3) is 5.69 Å². The number of aldehydes is 2. The zero-order chi connectivity index (χ0) is 35.6. The normalized spacial score (nSPS) is 28.7. The van der Waals surface area contributed by atoms with E-state index >= 15 is 0 Å². The standard InChI is InChI=1S/C20H19FN2O2.C20H19N3O4/c21-18-2-1-13(11-24)7-17(18)15-8-14-9-20(25-19(14)22-10-15)12-23-5-3-16(20)4-6-23;24-11-13-1-2-18(23(25)26)17(7-13)15-8-14-9-20(27-19(14)21-10-15)12-22-5-3-16(20)4-6-22/h1-2,7-8,10-11,16H,3-6,9,12H2;1-2,7-8,10-11,16H,3-6,9,12H2/t2*20-/m00/s1. The predicted molar refractivity (Wildman–Crippen MR) is 189 cm³/mol. The number of rotatable bonds is 5. The van der Waals surface area contributed by atoms with Crippen LogP contribution in [0.3, 0.4) is 0 Å². The number of benzene rings is 2. The Labute approximate surface area is 299 Å². The number of carbonyl (C=O) groups excluding carboxylic acids is 2. The summed E-state index contributed by atoms with van der Waals surface area (Å²) in [5.41, 5.74) is 4.67. The highest BCUT2D eigenvalue weighted by atomic mass is 19.1. The van der Waals surface area contributed by atoms with Gasteiger partial charge in [0.2, 0.25) is 11.8 Å². The molecule has 8 aliphatic heterocycles. The lowest BCUT2D eigenvalue weighted by molar-refractivity contribution is -0.384. The van der Waals surface area contributed by atoms with Crippen LogP contribution >= 0.6 is 0 Å². The Bertz CT molecular complexity index is 2110. The van der Waals surface area contributed by atoms with Gasteiger partial charge in [-0.25, -0.2) is 14.4 Å². The molecule has 0 saturated carbocycles. The molecular formula is C40H38FN5O6. The Morgan fingerprint density at radius 1 is 0.731 bits per heavy atom. The van der Waals surface area contributed by atoms with E-state index in [4.69, 9.17) is 9.47 Å². The molecule has 2 aromatic heterocycles. The molecule has 0 unspecified atom stereocenters. The fourth-order valence-corrected chi connectivity index (χ4v) is 9.57. The third kappa shape index (κ3) is 5.56. The summed E-state index contributed by atoms with van der Waals surface area (Å²) < 4.78 is 26.9. The van der Waals surface area contributed by atoms with Gasteiger partial charge in [-0.15, -0.1) is 0 Å². The fraction of sp³-hybridized carbons (Fsp3) is 0.400. The van der Waals surface area contributed by atoms with Crippen molar-refractivity contribution in [1.82, 2.24) is 19.8 Å². The Morgan fingerprint density at radius 3 is 1.67 bits per heavy atom. The molecule has 8 aliphatic rings. The molecule has 6 fully saturated rings. The molecule has 0 radical (unpaired) electrons. The second kappa shape index (κ2) is 12.6. The molecule has 52 heavy (non-hydrogen) atoms. The lowest BCUT2D eigenvalue weighted by Crippen LogP contribution is -2.61. The molecule has 2 aromatic carbocycles. The number of nitro groups is 1. The van der Waals surface area contributed by atoms with Gasteiger partial charge in [-0.05, 0) is 94.3 Å². The van der Waals surface area contributed by atoms with Crippen molar-refractivity contribution in [2.45, 2.75) is 49.7 Å². The number of carbonyl (C=O) groups is 2. The average Bonchev–Trinajstić information content (AvgIpc) is 3.71. The van der Waals surface area contributed by atoms with Crippen LogP contribution in [0, 0.1) is 27.8 Å². The molecule has 0 aliphatic carbocycles. The molecule has 11 nitrogen and oxygen atoms in total. The van der Waals surface area contributed by atoms with E-state index in [0.29, 0.717) is 63.3 Å². The summed E-state index contributed by atoms with van der Waals surface area (Å²) >= 11 is 0. The SMILES string of the molecule is O=Cc1ccc(F)c(-c2cnc3c(c2)C[C@@]2(CN4CCC2CC4)O3)c1.O=Cc1ccc([N+](=O)[O-])c(-c2cnc3c(c2)C[C@@]2(CN4CCC2CC4)O3)c1. The highest BCUT2D eigenvalue weighted by Crippen LogP contribution is 2.48. The van der Waals surface area contributed by atoms with Crippen molar-refractivity contribution in [3.63, 3.8) is 0 Å². The lowest BCUT2D eigenvalue weighted by atomic mass is 9.73. The molecular weight excluding hydrogens is 665 g/mol. The predicted octanol–water partition coefficient (Wildman–Crippen LogP) is 5.97. The molecule has 6 saturated heterocycles. The maximum Gasteiger partial charge on any atom is 0.277 e. The van der Waals surface area contributed by atoms with Gasteiger partial charge in [-0.3, -0.25) is 29.5 Å². The van der Waals surface area contributed by atoms with Gasteiger partial charge in [-0.2, -0.15) is 0 Å². The summed E-state index contributed by atoms with van der Waals surface area (Å²) in [6, 6.07) is 12.7. The average molecular weight is 704 g/mol. The molecule has 0 amide bonds. The Kier molecular flexibility index (Phi) is 7.92. The van der Waals surface area contributed by atoms with Crippen molar-refractivity contribution in [3.8, 4) is 34.0 Å². The summed E-state index contributed by atoms with van der Waals surface area (Å²) in [6.45, 7) is 6.47. The maximum atomic E-state index is 14.2. The van der Waals surface area contributed by atoms with E-state index in [9.17, 15) is 24.1 Å². The molecule has 266 valence electrons. The summed E-state index contributed by atoms with van der Waals surface area (Å²) in [6.07, 6.45) is 10.9. The van der Waals surface area contributed by atoms with Crippen LogP contribution in [-0.2, 0) is 12.8 Å². The number of hydrogen-bond donors (Lipinski definition) is 0. The van der Waals surface area contributed by atoms with Crippen molar-refractivity contribution in [2.75, 3.05) is 39.3 Å². The zero-order valence-corrected chi connectivity index (χ0v) is 28.6. The van der Waals surface area contributed by atoms with Crippen LogP contribution < -0.4 is 9.47 Å². The van der Waals surface area contributed by atoms with Gasteiger partial charge in [0, 0.05) is 95.2 Å². The van der Waals surface area contributed by atoms with Crippen molar-refractivity contribution >= 4 is 18.3 Å². The Hall–Kier alpha value is -5.07. The Balaban J connectivity index is 0.000000139. The smallest absolute Gasteiger partial charge is 0.277 e. The van der Waals surface area contributed by atoms with E-state index in [1.54, 1.807) is 24.5 Å². The van der Waals surface area contributed by atoms with Gasteiger partial charge in [0.05, 0.1) is 10.5 Å². The highest BCUT2D eigenvalue weighted by Gasteiger charge is 2.53. The van der Waals surface area contributed by atoms with Crippen molar-refractivity contribution in [3.05, 3.63) is 99.1 Å². The molecule has 4 aromatic rings. The van der Waals surface area contributed by atoms with Gasteiger partial charge in [0.1, 0.15) is 29.6 Å². The molecule has 10 heterocycles. The lowest BCUT2D eigenvalue weighted by Gasteiger charge is -2.50. The first-order valence-corrected chi connectivity index (χ1v) is 18.0. The first kappa shape index (κ1) is 32.8. The van der Waals surface area contributed by atoms with E-state index < -0.39 is 4.92 Å². The summed E-state index contributed by atoms with van der Waals surface area (Å²) in [5, 5.41) is 11.4. The number of halogens is 1. The van der Waals surface area contributed by atoms with Gasteiger partial charge in [0.15, 0.2) is 0 Å². The van der Waals surface area contributed by atoms with Crippen LogP contribution in [0.15, 0.2) is 60.9 Å². The maximum absolute atomic E-state index is 14.2. The summed E-state index contributed by atoms with van der Waals surface area (Å²) in [4.78, 5) is 47.0. The Morgan fingerprint density at radius 2 is 1.21 bits per heavy atom. The van der Waals surface area contributed by atoms with Crippen molar-refractivity contribution in [1.29, 1.82) is 0 Å². The minimum atomic E-state index is -0.428. The second-order valence-corrected chi connectivity index (χ2v) is 15.2. The molecule has 2 atom stereocenters. The van der Waals surface area contributed by atoms with Crippen LogP contribution in [0.1, 0.15) is 57.5 Å². The monoisotopic (exact) mass is 703 g/mol. The van der Waals surface area contributed by atoms with Crippen molar-refractivity contribution in [2.24, 2.45) is 11.8 Å². The molecule has 0 N–H and O–H groups in total. The minimum absolute atomic E-state index is 0.0289. The number of hydrogen-bond acceptors (Lipinski definition) is 10. The van der Waals surface area contributed by atoms with E-state index in [-0.39, 0.29) is 22.7 Å². The molecule has 12 rings (SSSR count). The van der Waals surface area contributed by atoms with Crippen LogP contribution in [-0.4, -0.2) is 87.7 Å². The van der Waals surface area contributed by atoms with Crippen LogP contribution in [0.5, 0.6) is 11.8 Å². The fourth-order valence-electron chi connectivity index (χ4n) is 9.57. The van der Waals surface area contributed by atoms with Gasteiger partial charge >= 0.3 is 0 Å². The number of aromatic nitrogens is 2. The number of fused-ring (bicyclic) bond motifs is 6. The number of piperidine rings is 6.